The van der Waals surface area contributed by atoms with Gasteiger partial charge in [-0.25, -0.2) is 0 Å². The molecule has 1 heterocycles. The van der Waals surface area contributed by atoms with E-state index in [4.69, 9.17) is 4.74 Å². The molecule has 0 saturated carbocycles. The molecule has 0 spiro atoms. The Kier molecular flexibility index (Phi) is 4.04. The molecule has 21 heavy (non-hydrogen) atoms. The average molecular weight is 285 g/mol. The number of imide groups is 1. The molecule has 0 unspecified atom stereocenters. The van der Waals surface area contributed by atoms with E-state index in [-0.39, 0.29) is 11.8 Å². The molecule has 2 aliphatic rings. The van der Waals surface area contributed by atoms with Crippen LogP contribution in [0.5, 0.6) is 0 Å². The van der Waals surface area contributed by atoms with Crippen molar-refractivity contribution in [1.29, 1.82) is 0 Å². The first-order chi connectivity index (χ1) is 10.3. The summed E-state index contributed by atoms with van der Waals surface area (Å²) in [5, 5.41) is 0. The van der Waals surface area contributed by atoms with Crippen molar-refractivity contribution in [1.82, 2.24) is 4.90 Å². The summed E-state index contributed by atoms with van der Waals surface area (Å²) in [5.41, 5.74) is 1.02. The fraction of sp³-hybridized carbons (Fsp3) is 0.412. The molecule has 1 aromatic carbocycles. The zero-order valence-corrected chi connectivity index (χ0v) is 12.0. The highest BCUT2D eigenvalue weighted by atomic mass is 16.5. The van der Waals surface area contributed by atoms with Crippen molar-refractivity contribution >= 4 is 11.8 Å². The normalized spacial score (nSPS) is 17.7. The molecule has 3 rings (SSSR count). The predicted molar refractivity (Wildman–Crippen MR) is 78.9 cm³/mol. The molecule has 0 atom stereocenters. The lowest BCUT2D eigenvalue weighted by molar-refractivity contribution is 0.0639. The number of nitrogens with zero attached hydrogens (tertiary/aromatic N) is 1. The van der Waals surface area contributed by atoms with Gasteiger partial charge in [0.2, 0.25) is 0 Å². The topological polar surface area (TPSA) is 46.6 Å². The monoisotopic (exact) mass is 285 g/mol. The Labute approximate surface area is 124 Å². The third-order valence-corrected chi connectivity index (χ3v) is 3.94. The predicted octanol–water partition coefficient (Wildman–Crippen LogP) is 3.15. The van der Waals surface area contributed by atoms with Gasteiger partial charge >= 0.3 is 0 Å². The van der Waals surface area contributed by atoms with Gasteiger partial charge in [0.15, 0.2) is 0 Å². The summed E-state index contributed by atoms with van der Waals surface area (Å²) in [6.07, 6.45) is 7.33. The fourth-order valence-electron chi connectivity index (χ4n) is 2.81. The van der Waals surface area contributed by atoms with Crippen LogP contribution in [-0.4, -0.2) is 29.9 Å². The van der Waals surface area contributed by atoms with Crippen molar-refractivity contribution in [3.63, 3.8) is 0 Å². The lowest BCUT2D eigenvalue weighted by atomic mass is 10.1. The van der Waals surface area contributed by atoms with Crippen molar-refractivity contribution in [3.05, 3.63) is 47.2 Å². The minimum atomic E-state index is -0.188. The largest absolute Gasteiger partial charge is 0.498 e. The lowest BCUT2D eigenvalue weighted by Gasteiger charge is -2.16. The van der Waals surface area contributed by atoms with Gasteiger partial charge in [-0.05, 0) is 43.9 Å². The molecule has 0 saturated heterocycles. The first-order valence-corrected chi connectivity index (χ1v) is 7.54. The molecular weight excluding hydrogens is 266 g/mol. The van der Waals surface area contributed by atoms with Crippen molar-refractivity contribution in [2.75, 3.05) is 13.2 Å². The first kappa shape index (κ1) is 13.9. The van der Waals surface area contributed by atoms with Crippen molar-refractivity contribution in [2.45, 2.75) is 32.1 Å². The number of rotatable bonds is 5. The van der Waals surface area contributed by atoms with Gasteiger partial charge in [0.25, 0.3) is 11.8 Å². The van der Waals surface area contributed by atoms with Crippen LogP contribution in [0.1, 0.15) is 52.8 Å². The number of hydrogen-bond donors (Lipinski definition) is 0. The molecular formula is C17H19NO3. The van der Waals surface area contributed by atoms with Crippen LogP contribution in [0.15, 0.2) is 36.1 Å². The summed E-state index contributed by atoms with van der Waals surface area (Å²) in [5.74, 6) is 0.684. The number of carbonyl (C=O) groups excluding carboxylic acids is 2. The van der Waals surface area contributed by atoms with E-state index in [9.17, 15) is 9.59 Å². The van der Waals surface area contributed by atoms with E-state index in [1.807, 2.05) is 0 Å². The molecule has 1 aromatic rings. The summed E-state index contributed by atoms with van der Waals surface area (Å²) in [6, 6.07) is 6.98. The van der Waals surface area contributed by atoms with E-state index in [0.717, 1.165) is 18.6 Å². The smallest absolute Gasteiger partial charge is 0.261 e. The molecule has 2 amide bonds. The molecule has 0 aromatic heterocycles. The Balaban J connectivity index is 1.51. The van der Waals surface area contributed by atoms with Gasteiger partial charge in [-0.1, -0.05) is 12.1 Å². The highest BCUT2D eigenvalue weighted by Crippen LogP contribution is 2.23. The van der Waals surface area contributed by atoms with Crippen molar-refractivity contribution < 1.29 is 14.3 Å². The maximum Gasteiger partial charge on any atom is 0.261 e. The van der Waals surface area contributed by atoms with Gasteiger partial charge in [0, 0.05) is 13.0 Å². The van der Waals surface area contributed by atoms with E-state index < -0.39 is 0 Å². The van der Waals surface area contributed by atoms with Crippen molar-refractivity contribution in [3.8, 4) is 0 Å². The number of amides is 2. The Morgan fingerprint density at radius 2 is 1.76 bits per heavy atom. The van der Waals surface area contributed by atoms with Gasteiger partial charge in [-0.2, -0.15) is 0 Å². The van der Waals surface area contributed by atoms with Crippen LogP contribution in [0, 0.1) is 0 Å². The van der Waals surface area contributed by atoms with Crippen LogP contribution in [0.4, 0.5) is 0 Å². The lowest BCUT2D eigenvalue weighted by Crippen LogP contribution is -2.31. The van der Waals surface area contributed by atoms with Gasteiger partial charge in [-0.3, -0.25) is 14.5 Å². The Morgan fingerprint density at radius 1 is 1.05 bits per heavy atom. The first-order valence-electron chi connectivity index (χ1n) is 7.54. The van der Waals surface area contributed by atoms with Crippen LogP contribution in [0.3, 0.4) is 0 Å². The molecule has 0 radical (unpaired) electrons. The Hall–Kier alpha value is -2.10. The number of fused-ring (bicyclic) bond motifs is 1. The fourth-order valence-corrected chi connectivity index (χ4v) is 2.81. The zero-order chi connectivity index (χ0) is 14.7. The van der Waals surface area contributed by atoms with E-state index in [1.54, 1.807) is 24.3 Å². The zero-order valence-electron chi connectivity index (χ0n) is 12.0. The van der Waals surface area contributed by atoms with Crippen LogP contribution >= 0.6 is 0 Å². The van der Waals surface area contributed by atoms with E-state index >= 15 is 0 Å². The second kappa shape index (κ2) is 6.12. The van der Waals surface area contributed by atoms with Gasteiger partial charge in [0.1, 0.15) is 0 Å². The number of carbonyl (C=O) groups is 2. The van der Waals surface area contributed by atoms with E-state index in [0.29, 0.717) is 30.7 Å². The Bertz CT molecular complexity index is 556. The van der Waals surface area contributed by atoms with Crippen LogP contribution in [0.2, 0.25) is 0 Å². The quantitative estimate of drug-likeness (QED) is 0.616. The molecule has 1 aliphatic heterocycles. The highest BCUT2D eigenvalue weighted by Gasteiger charge is 2.34. The van der Waals surface area contributed by atoms with E-state index in [2.05, 4.69) is 6.08 Å². The minimum Gasteiger partial charge on any atom is -0.498 e. The Morgan fingerprint density at radius 3 is 2.38 bits per heavy atom. The second-order valence-electron chi connectivity index (χ2n) is 5.43. The van der Waals surface area contributed by atoms with Crippen LogP contribution < -0.4 is 0 Å². The second-order valence-corrected chi connectivity index (χ2v) is 5.43. The summed E-state index contributed by atoms with van der Waals surface area (Å²) < 4.78 is 5.70. The maximum absolute atomic E-state index is 12.2. The van der Waals surface area contributed by atoms with Crippen LogP contribution in [-0.2, 0) is 4.74 Å². The summed E-state index contributed by atoms with van der Waals surface area (Å²) in [6.45, 7) is 0.971. The van der Waals surface area contributed by atoms with Gasteiger partial charge in [-0.15, -0.1) is 0 Å². The SMILES string of the molecule is O=C1c2ccccc2C(=O)N1CCCOC1=CCCCC1. The summed E-state index contributed by atoms with van der Waals surface area (Å²) in [7, 11) is 0. The standard InChI is InChI=1S/C17H19NO3/c19-16-14-9-4-5-10-15(14)17(20)18(16)11-6-12-21-13-7-2-1-3-8-13/h4-5,7,9-10H,1-3,6,8,11-12H2. The molecule has 4 heteroatoms. The molecule has 0 fully saturated rings. The van der Waals surface area contributed by atoms with Crippen molar-refractivity contribution in [2.24, 2.45) is 0 Å². The molecule has 1 aliphatic carbocycles. The highest BCUT2D eigenvalue weighted by molar-refractivity contribution is 6.21. The number of allylic oxidation sites excluding steroid dienone is 2. The maximum atomic E-state index is 12.2. The number of hydrogen-bond acceptors (Lipinski definition) is 3. The molecule has 4 nitrogen and oxygen atoms in total. The van der Waals surface area contributed by atoms with Gasteiger partial charge < -0.3 is 4.74 Å². The minimum absolute atomic E-state index is 0.188. The molecule has 110 valence electrons. The van der Waals surface area contributed by atoms with E-state index in [1.165, 1.54) is 17.7 Å². The number of ether oxygens (including phenoxy) is 1. The average Bonchev–Trinajstić information content (AvgIpc) is 2.77. The van der Waals surface area contributed by atoms with Gasteiger partial charge in [0.05, 0.1) is 23.5 Å². The third kappa shape index (κ3) is 2.84. The molecule has 0 bridgehead atoms. The number of benzene rings is 1. The molecule has 0 N–H and O–H groups in total. The third-order valence-electron chi connectivity index (χ3n) is 3.94. The van der Waals surface area contributed by atoms with Crippen LogP contribution in [0.25, 0.3) is 0 Å². The summed E-state index contributed by atoms with van der Waals surface area (Å²) >= 11 is 0. The summed E-state index contributed by atoms with van der Waals surface area (Å²) in [4.78, 5) is 25.6.